The van der Waals surface area contributed by atoms with E-state index in [-0.39, 0.29) is 11.8 Å². The van der Waals surface area contributed by atoms with Gasteiger partial charge in [-0.2, -0.15) is 4.98 Å². The van der Waals surface area contributed by atoms with Crippen LogP contribution in [-0.2, 0) is 6.42 Å². The van der Waals surface area contributed by atoms with E-state index in [1.54, 1.807) is 10.7 Å². The number of hydrogen-bond donors (Lipinski definition) is 2. The number of aromatic nitrogens is 5. The molecule has 10 heteroatoms. The molecular weight excluding hydrogens is 414 g/mol. The van der Waals surface area contributed by atoms with Crippen LogP contribution in [0, 0.1) is 6.92 Å². The highest BCUT2D eigenvalue weighted by Gasteiger charge is 2.22. The Hall–Kier alpha value is -3.04. The number of fused-ring (bicyclic) bond motifs is 1. The minimum Gasteiger partial charge on any atom is -0.380 e. The summed E-state index contributed by atoms with van der Waals surface area (Å²) in [5.41, 5.74) is 9.38. The van der Waals surface area contributed by atoms with Crippen molar-refractivity contribution in [3.63, 3.8) is 0 Å². The number of imidazole rings is 1. The molecule has 1 atom stereocenters. The fourth-order valence-electron chi connectivity index (χ4n) is 4.24. The van der Waals surface area contributed by atoms with E-state index in [1.165, 1.54) is 19.3 Å². The third kappa shape index (κ3) is 4.73. The predicted molar refractivity (Wildman–Crippen MR) is 121 cm³/mol. The van der Waals surface area contributed by atoms with Gasteiger partial charge < -0.3 is 16.0 Å². The van der Waals surface area contributed by atoms with E-state index in [0.717, 1.165) is 35.7 Å². The number of pyridine rings is 1. The van der Waals surface area contributed by atoms with Crippen LogP contribution in [0.25, 0.3) is 5.65 Å². The lowest BCUT2D eigenvalue weighted by Crippen LogP contribution is -2.30. The van der Waals surface area contributed by atoms with Crippen LogP contribution < -0.4 is 16.0 Å². The Bertz CT molecular complexity index is 1060. The first-order valence-electron chi connectivity index (χ1n) is 11.2. The number of nitrogen functional groups attached to an aromatic ring is 1. The molecule has 0 bridgehead atoms. The Morgan fingerprint density at radius 1 is 1.16 bits per heavy atom. The van der Waals surface area contributed by atoms with Gasteiger partial charge in [0, 0.05) is 25.7 Å². The maximum absolute atomic E-state index is 13.3. The molecule has 4 heterocycles. The van der Waals surface area contributed by atoms with Crippen molar-refractivity contribution in [1.82, 2.24) is 24.6 Å². The second-order valence-corrected chi connectivity index (χ2v) is 8.39. The fraction of sp³-hybridized carbons (Fsp3) is 0.545. The third-order valence-electron chi connectivity index (χ3n) is 5.83. The largest absolute Gasteiger partial charge is 0.380 e. The summed E-state index contributed by atoms with van der Waals surface area (Å²) in [5, 5.41) is 7.13. The van der Waals surface area contributed by atoms with Crippen molar-refractivity contribution in [2.45, 2.75) is 64.8 Å². The number of nitrogens with two attached hydrogens (primary N) is 1. The summed E-state index contributed by atoms with van der Waals surface area (Å²) < 4.78 is 28.2. The molecule has 8 nitrogen and oxygen atoms in total. The summed E-state index contributed by atoms with van der Waals surface area (Å²) in [4.78, 5) is 15.5. The molecule has 1 saturated heterocycles. The molecule has 0 unspecified atom stereocenters. The number of nitrogens with zero attached hydrogens (tertiary/aromatic N) is 6. The number of halogens is 2. The zero-order valence-corrected chi connectivity index (χ0v) is 18.6. The van der Waals surface area contributed by atoms with Gasteiger partial charge in [0.1, 0.15) is 5.82 Å². The second-order valence-electron chi connectivity index (χ2n) is 8.39. The maximum atomic E-state index is 13.3. The number of hydrogen-bond acceptors (Lipinski definition) is 7. The van der Waals surface area contributed by atoms with Crippen LogP contribution >= 0.6 is 0 Å². The predicted octanol–water partition coefficient (Wildman–Crippen LogP) is 3.84. The van der Waals surface area contributed by atoms with Gasteiger partial charge in [0.2, 0.25) is 5.95 Å². The number of nitrogens with one attached hydrogen (secondary N) is 1. The molecule has 32 heavy (non-hydrogen) atoms. The highest BCUT2D eigenvalue weighted by molar-refractivity contribution is 5.61. The summed E-state index contributed by atoms with van der Waals surface area (Å²) in [6, 6.07) is 1.10. The van der Waals surface area contributed by atoms with Crippen LogP contribution in [0.4, 0.5) is 26.4 Å². The van der Waals surface area contributed by atoms with Crippen molar-refractivity contribution < 1.29 is 8.78 Å². The Balaban J connectivity index is 1.58. The summed E-state index contributed by atoms with van der Waals surface area (Å²) in [5.74, 6) is 1.26. The summed E-state index contributed by atoms with van der Waals surface area (Å²) in [7, 11) is 0. The van der Waals surface area contributed by atoms with Crippen LogP contribution in [0.2, 0.25) is 0 Å². The zero-order chi connectivity index (χ0) is 22.7. The molecule has 3 N–H and O–H groups in total. The fourth-order valence-corrected chi connectivity index (χ4v) is 4.24. The highest BCUT2D eigenvalue weighted by Crippen LogP contribution is 2.24. The molecule has 1 aliphatic heterocycles. The first kappa shape index (κ1) is 22.2. The Labute approximate surface area is 186 Å². The molecule has 0 aromatic carbocycles. The van der Waals surface area contributed by atoms with Crippen LogP contribution in [0.5, 0.6) is 0 Å². The monoisotopic (exact) mass is 444 g/mol. The van der Waals surface area contributed by atoms with E-state index >= 15 is 0 Å². The number of aryl methyl sites for hydroxylation is 1. The van der Waals surface area contributed by atoms with Gasteiger partial charge in [-0.25, -0.2) is 23.3 Å². The Morgan fingerprint density at radius 2 is 1.94 bits per heavy atom. The maximum Gasteiger partial charge on any atom is 0.258 e. The normalized spacial score (nSPS) is 15.5. The van der Waals surface area contributed by atoms with E-state index in [4.69, 9.17) is 10.7 Å². The zero-order valence-electron chi connectivity index (χ0n) is 18.6. The first-order valence-corrected chi connectivity index (χ1v) is 11.2. The van der Waals surface area contributed by atoms with Crippen molar-refractivity contribution in [3.8, 4) is 0 Å². The summed E-state index contributed by atoms with van der Waals surface area (Å²) >= 11 is 0. The number of piperidine rings is 1. The summed E-state index contributed by atoms with van der Waals surface area (Å²) in [6.45, 7) is 6.03. The second kappa shape index (κ2) is 9.62. The molecule has 3 aromatic rings. The standard InChI is InChI=1S/C22H30F2N8/c1-3-7-17(18(23)24)28-22-29-19(25)21-27-13-16(32(21)30-22)11-15-10-14(2)20(26-12-15)31-8-5-4-6-9-31/h10,12-13,17-18H,3-9,11H2,1-2H3,(H3,25,28,29,30)/t17-/m0/s1. The molecule has 1 fully saturated rings. The molecule has 0 spiro atoms. The van der Waals surface area contributed by atoms with E-state index < -0.39 is 12.5 Å². The molecule has 0 saturated carbocycles. The number of anilines is 3. The molecular formula is C22H30F2N8. The molecule has 0 amide bonds. The van der Waals surface area contributed by atoms with Gasteiger partial charge in [-0.1, -0.05) is 19.4 Å². The van der Waals surface area contributed by atoms with Crippen molar-refractivity contribution in [3.05, 3.63) is 35.3 Å². The van der Waals surface area contributed by atoms with Gasteiger partial charge >= 0.3 is 0 Å². The van der Waals surface area contributed by atoms with E-state index in [1.807, 2.05) is 13.1 Å². The van der Waals surface area contributed by atoms with Crippen LogP contribution in [0.15, 0.2) is 18.5 Å². The highest BCUT2D eigenvalue weighted by atomic mass is 19.3. The van der Waals surface area contributed by atoms with Gasteiger partial charge in [0.25, 0.3) is 6.43 Å². The van der Waals surface area contributed by atoms with E-state index in [2.05, 4.69) is 38.3 Å². The van der Waals surface area contributed by atoms with Gasteiger partial charge in [-0.15, -0.1) is 5.10 Å². The SMILES string of the molecule is CCC[C@H](Nc1nc(N)c2ncc(Cc3cnc(N4CCCCC4)c(C)c3)n2n1)C(F)F. The third-order valence-corrected chi connectivity index (χ3v) is 5.83. The van der Waals surface area contributed by atoms with Gasteiger partial charge in [0.15, 0.2) is 11.5 Å². The lowest BCUT2D eigenvalue weighted by molar-refractivity contribution is 0.119. The van der Waals surface area contributed by atoms with Crippen molar-refractivity contribution in [1.29, 1.82) is 0 Å². The number of rotatable bonds is 8. The van der Waals surface area contributed by atoms with Gasteiger partial charge in [0.05, 0.1) is 17.9 Å². The van der Waals surface area contributed by atoms with Crippen LogP contribution in [0.3, 0.4) is 0 Å². The molecule has 4 rings (SSSR count). The van der Waals surface area contributed by atoms with E-state index in [9.17, 15) is 8.78 Å². The molecule has 3 aromatic heterocycles. The lowest BCUT2D eigenvalue weighted by Gasteiger charge is -2.29. The van der Waals surface area contributed by atoms with Gasteiger partial charge in [-0.3, -0.25) is 0 Å². The number of alkyl halides is 2. The van der Waals surface area contributed by atoms with Crippen molar-refractivity contribution in [2.24, 2.45) is 0 Å². The Kier molecular flexibility index (Phi) is 6.66. The average Bonchev–Trinajstić information content (AvgIpc) is 3.17. The summed E-state index contributed by atoms with van der Waals surface area (Å²) in [6.07, 6.45) is 6.20. The van der Waals surface area contributed by atoms with E-state index in [0.29, 0.717) is 24.9 Å². The molecule has 1 aliphatic rings. The molecule has 172 valence electrons. The van der Waals surface area contributed by atoms with Crippen molar-refractivity contribution >= 4 is 23.2 Å². The smallest absolute Gasteiger partial charge is 0.258 e. The minimum atomic E-state index is -2.52. The molecule has 0 radical (unpaired) electrons. The van der Waals surface area contributed by atoms with Crippen molar-refractivity contribution in [2.75, 3.05) is 29.0 Å². The van der Waals surface area contributed by atoms with Gasteiger partial charge in [-0.05, 0) is 43.7 Å². The Morgan fingerprint density at radius 3 is 2.62 bits per heavy atom. The lowest BCUT2D eigenvalue weighted by atomic mass is 10.1. The molecule has 0 aliphatic carbocycles. The van der Waals surface area contributed by atoms with Crippen LogP contribution in [-0.4, -0.2) is 50.1 Å². The minimum absolute atomic E-state index is 0.0720. The first-order chi connectivity index (χ1) is 15.5. The average molecular weight is 445 g/mol. The topological polar surface area (TPSA) is 97.3 Å². The quantitative estimate of drug-likeness (QED) is 0.545. The van der Waals surface area contributed by atoms with Crippen LogP contribution in [0.1, 0.15) is 55.8 Å².